The number of carboxylic acids is 1. The van der Waals surface area contributed by atoms with Gasteiger partial charge in [0.25, 0.3) is 0 Å². The van der Waals surface area contributed by atoms with Gasteiger partial charge in [-0.25, -0.2) is 9.78 Å². The molecule has 1 unspecified atom stereocenters. The number of rotatable bonds is 4. The van der Waals surface area contributed by atoms with Crippen molar-refractivity contribution in [3.8, 4) is 11.3 Å². The van der Waals surface area contributed by atoms with Gasteiger partial charge in [-0.1, -0.05) is 24.3 Å². The predicted octanol–water partition coefficient (Wildman–Crippen LogP) is 0.414. The first-order chi connectivity index (χ1) is 12.0. The van der Waals surface area contributed by atoms with Crippen molar-refractivity contribution in [3.63, 3.8) is 0 Å². The molecule has 0 aliphatic carbocycles. The molecule has 27 heavy (non-hydrogen) atoms. The predicted molar refractivity (Wildman–Crippen MR) is 99.0 cm³/mol. The van der Waals surface area contributed by atoms with Crippen LogP contribution in [0.25, 0.3) is 11.3 Å². The van der Waals surface area contributed by atoms with Gasteiger partial charge in [0.05, 0.1) is 17.7 Å². The molecule has 0 aliphatic heterocycles. The van der Waals surface area contributed by atoms with Crippen molar-refractivity contribution >= 4 is 23.4 Å². The molecule has 140 valence electrons. The number of carbonyl (C=O) groups is 2. The van der Waals surface area contributed by atoms with Gasteiger partial charge in [0, 0.05) is 17.5 Å². The summed E-state index contributed by atoms with van der Waals surface area (Å²) in [4.78, 5) is 30.3. The smallest absolute Gasteiger partial charge is 0.545 e. The third-order valence-corrected chi connectivity index (χ3v) is 4.97. The van der Waals surface area contributed by atoms with Crippen LogP contribution in [0.2, 0.25) is 0 Å². The van der Waals surface area contributed by atoms with Gasteiger partial charge < -0.3 is 19.5 Å². The summed E-state index contributed by atoms with van der Waals surface area (Å²) in [5, 5.41) is 11.7. The summed E-state index contributed by atoms with van der Waals surface area (Å²) in [7, 11) is 1.68. The number of aromatic nitrogens is 1. The van der Waals surface area contributed by atoms with Crippen LogP contribution in [0, 0.1) is 6.92 Å². The summed E-state index contributed by atoms with van der Waals surface area (Å²) in [5.74, 6) is -1.21. The van der Waals surface area contributed by atoms with E-state index < -0.39 is 17.7 Å². The molecule has 0 spiro atoms. The van der Waals surface area contributed by atoms with E-state index in [0.29, 0.717) is 0 Å². The Hall–Kier alpha value is -1.41. The first-order valence-corrected chi connectivity index (χ1v) is 9.06. The molecule has 1 aromatic heterocycles. The number of amides is 1. The van der Waals surface area contributed by atoms with Gasteiger partial charge in [-0.3, -0.25) is 0 Å². The molecule has 0 radical (unpaired) electrons. The van der Waals surface area contributed by atoms with Gasteiger partial charge >= 0.3 is 35.7 Å². The van der Waals surface area contributed by atoms with E-state index in [0.717, 1.165) is 21.1 Å². The Bertz CT molecular complexity index is 812. The van der Waals surface area contributed by atoms with E-state index in [9.17, 15) is 14.7 Å². The number of aryl methyl sites for hydroxylation is 1. The first kappa shape index (κ1) is 23.6. The number of carboxylic acid groups (broad SMARTS) is 1. The van der Waals surface area contributed by atoms with Crippen molar-refractivity contribution < 1.29 is 49.0 Å². The van der Waals surface area contributed by atoms with E-state index in [1.807, 2.05) is 34.6 Å². The Morgan fingerprint density at radius 3 is 2.26 bits per heavy atom. The van der Waals surface area contributed by atoms with Crippen LogP contribution in [-0.2, 0) is 4.74 Å². The molecule has 1 atom stereocenters. The molecule has 0 fully saturated rings. The van der Waals surface area contributed by atoms with Crippen LogP contribution in [0.5, 0.6) is 0 Å². The molecule has 0 saturated carbocycles. The second kappa shape index (κ2) is 9.19. The van der Waals surface area contributed by atoms with Gasteiger partial charge in [-0.2, -0.15) is 0 Å². The molecule has 0 aliphatic rings. The van der Waals surface area contributed by atoms with E-state index in [4.69, 9.17) is 4.74 Å². The fourth-order valence-electron chi connectivity index (χ4n) is 2.29. The number of hydrogen-bond donors (Lipinski definition) is 0. The minimum Gasteiger partial charge on any atom is -0.545 e. The molecule has 1 aromatic carbocycles. The Kier molecular flexibility index (Phi) is 8.04. The van der Waals surface area contributed by atoms with Crippen LogP contribution >= 0.6 is 11.3 Å². The minimum absolute atomic E-state index is 0. The van der Waals surface area contributed by atoms with Crippen molar-refractivity contribution in [2.45, 2.75) is 46.3 Å². The average molecular weight is 398 g/mol. The number of carbonyl (C=O) groups excluding carboxylic acids is 2. The number of ether oxygens (including phenoxy) is 1. The number of benzene rings is 1. The van der Waals surface area contributed by atoms with Crippen molar-refractivity contribution in [3.05, 3.63) is 39.7 Å². The van der Waals surface area contributed by atoms with Crippen LogP contribution in [-0.4, -0.2) is 34.6 Å². The van der Waals surface area contributed by atoms with E-state index in [-0.39, 0.29) is 41.2 Å². The number of hydrogen-bond acceptors (Lipinski definition) is 6. The van der Waals surface area contributed by atoms with Gasteiger partial charge in [0.1, 0.15) is 10.6 Å². The fourth-order valence-corrected chi connectivity index (χ4v) is 3.32. The number of aromatic carboxylic acids is 1. The van der Waals surface area contributed by atoms with Gasteiger partial charge in [0.15, 0.2) is 0 Å². The molecule has 8 heteroatoms. The summed E-state index contributed by atoms with van der Waals surface area (Å²) in [6.45, 7) is 9.32. The summed E-state index contributed by atoms with van der Waals surface area (Å²) in [6.07, 6.45) is -0.405. The van der Waals surface area contributed by atoms with Gasteiger partial charge in [0.2, 0.25) is 0 Å². The molecule has 0 saturated heterocycles. The number of thiazole rings is 1. The van der Waals surface area contributed by atoms with Crippen molar-refractivity contribution in [1.82, 2.24) is 9.88 Å². The molecule has 6 nitrogen and oxygen atoms in total. The van der Waals surface area contributed by atoms with Crippen molar-refractivity contribution in [2.75, 3.05) is 7.05 Å². The average Bonchev–Trinajstić information content (AvgIpc) is 2.93. The van der Waals surface area contributed by atoms with Crippen LogP contribution < -0.4 is 34.7 Å². The molecule has 2 rings (SSSR count). The summed E-state index contributed by atoms with van der Waals surface area (Å²) >= 11 is 1.50. The topological polar surface area (TPSA) is 82.6 Å². The van der Waals surface area contributed by atoms with E-state index >= 15 is 0 Å². The Labute approximate surface area is 185 Å². The fraction of sp³-hybridized carbons (Fsp3) is 0.421. The third-order valence-electron chi connectivity index (χ3n) is 3.83. The standard InChI is InChI=1S/C19H24N2O4S.Na/c1-11(21(6)18(24)25-19(3,4)5)16-20-15(12(2)26-16)13-7-9-14(10-8-13)17(22)23;/h7-11H,1-6H3,(H,22,23);/q;+1/p-1. The second-order valence-electron chi connectivity index (χ2n) is 7.09. The van der Waals surface area contributed by atoms with Crippen LogP contribution in [0.15, 0.2) is 24.3 Å². The number of nitrogens with zero attached hydrogens (tertiary/aromatic N) is 2. The van der Waals surface area contributed by atoms with Crippen LogP contribution in [0.1, 0.15) is 54.0 Å². The quantitative estimate of drug-likeness (QED) is 0.697. The Balaban J connectivity index is 0.00000364. The van der Waals surface area contributed by atoms with E-state index in [2.05, 4.69) is 4.98 Å². The molecule has 1 heterocycles. The molecular weight excluding hydrogens is 375 g/mol. The minimum atomic E-state index is -1.21. The van der Waals surface area contributed by atoms with Crippen LogP contribution in [0.3, 0.4) is 0 Å². The molecule has 0 bridgehead atoms. The normalized spacial score (nSPS) is 12.1. The van der Waals surface area contributed by atoms with E-state index in [1.165, 1.54) is 28.4 Å². The second-order valence-corrected chi connectivity index (χ2v) is 8.32. The molecule has 0 N–H and O–H groups in total. The molecule has 2 aromatic rings. The SMILES string of the molecule is Cc1sc(C(C)N(C)C(=O)OC(C)(C)C)nc1-c1ccc(C(=O)[O-])cc1.[Na+]. The molecule has 1 amide bonds. The third kappa shape index (κ3) is 6.04. The molecular formula is C19H23N2NaO4S. The maximum atomic E-state index is 12.3. The summed E-state index contributed by atoms with van der Waals surface area (Å²) in [6, 6.07) is 6.17. The summed E-state index contributed by atoms with van der Waals surface area (Å²) < 4.78 is 5.40. The van der Waals surface area contributed by atoms with Gasteiger partial charge in [-0.05, 0) is 40.2 Å². The van der Waals surface area contributed by atoms with Crippen molar-refractivity contribution in [2.24, 2.45) is 0 Å². The van der Waals surface area contributed by atoms with E-state index in [1.54, 1.807) is 19.2 Å². The zero-order valence-corrected chi connectivity index (χ0v) is 19.6. The maximum absolute atomic E-state index is 12.3. The summed E-state index contributed by atoms with van der Waals surface area (Å²) in [5.41, 5.74) is 1.16. The zero-order valence-electron chi connectivity index (χ0n) is 16.8. The largest absolute Gasteiger partial charge is 1.00 e. The Morgan fingerprint density at radius 2 is 1.78 bits per heavy atom. The monoisotopic (exact) mass is 398 g/mol. The van der Waals surface area contributed by atoms with Crippen LogP contribution in [0.4, 0.5) is 4.79 Å². The Morgan fingerprint density at radius 1 is 1.22 bits per heavy atom. The van der Waals surface area contributed by atoms with Crippen molar-refractivity contribution in [1.29, 1.82) is 0 Å². The maximum Gasteiger partial charge on any atom is 1.00 e. The zero-order chi connectivity index (χ0) is 19.6. The van der Waals surface area contributed by atoms with Gasteiger partial charge in [-0.15, -0.1) is 11.3 Å². The first-order valence-electron chi connectivity index (χ1n) is 8.24.